The van der Waals surface area contributed by atoms with E-state index < -0.39 is 0 Å². The number of aliphatic hydroxyl groups excluding tert-OH is 1. The molecule has 0 saturated carbocycles. The third kappa shape index (κ3) is 2.62. The van der Waals surface area contributed by atoms with Crippen molar-refractivity contribution >= 4 is 29.5 Å². The van der Waals surface area contributed by atoms with Gasteiger partial charge in [-0.25, -0.2) is 0 Å². The average molecular weight is 291 g/mol. The van der Waals surface area contributed by atoms with Gasteiger partial charge in [-0.05, 0) is 6.07 Å². The van der Waals surface area contributed by atoms with E-state index in [2.05, 4.69) is 0 Å². The average Bonchev–Trinajstić information content (AvgIpc) is 2.32. The topological polar surface area (TPSA) is 55.8 Å². The smallest absolute Gasteiger partial charge is 0.151 e. The molecule has 18 heavy (non-hydrogen) atoms. The lowest BCUT2D eigenvalue weighted by Gasteiger charge is -2.39. The fourth-order valence-corrected chi connectivity index (χ4v) is 2.01. The molecule has 0 amide bonds. The Morgan fingerprint density at radius 2 is 2.11 bits per heavy atom. The minimum atomic E-state index is -0.362. The van der Waals surface area contributed by atoms with Gasteiger partial charge in [0.2, 0.25) is 0 Å². The lowest BCUT2D eigenvalue weighted by Crippen LogP contribution is -2.49. The van der Waals surface area contributed by atoms with Crippen molar-refractivity contribution < 1.29 is 19.4 Å². The standard InChI is InChI=1S/C12H12Cl2O4/c13-9-2-11(10(14)1-8(9)3-15)18-7-12(4-16)5-17-6-12/h1-3,16H,4-7H2. The van der Waals surface area contributed by atoms with Crippen LogP contribution in [0.4, 0.5) is 0 Å². The summed E-state index contributed by atoms with van der Waals surface area (Å²) in [6.45, 7) is 1.20. The lowest BCUT2D eigenvalue weighted by molar-refractivity contribution is -0.153. The van der Waals surface area contributed by atoms with Gasteiger partial charge in [-0.3, -0.25) is 4.79 Å². The molecule has 1 saturated heterocycles. The Balaban J connectivity index is 2.10. The normalized spacial score (nSPS) is 17.1. The number of hydrogen-bond acceptors (Lipinski definition) is 4. The Labute approximate surface area is 114 Å². The number of carbonyl (C=O) groups excluding carboxylic acids is 1. The predicted molar refractivity (Wildman–Crippen MR) is 67.7 cm³/mol. The summed E-state index contributed by atoms with van der Waals surface area (Å²) in [5, 5.41) is 9.85. The molecule has 0 radical (unpaired) electrons. The van der Waals surface area contributed by atoms with Crippen LogP contribution in [0, 0.1) is 5.41 Å². The fraction of sp³-hybridized carbons (Fsp3) is 0.417. The molecule has 0 spiro atoms. The van der Waals surface area contributed by atoms with Gasteiger partial charge in [0.25, 0.3) is 0 Å². The van der Waals surface area contributed by atoms with Crippen LogP contribution in [0.25, 0.3) is 0 Å². The number of ether oxygens (including phenoxy) is 2. The Morgan fingerprint density at radius 3 is 2.61 bits per heavy atom. The minimum absolute atomic E-state index is 0.00915. The first-order valence-corrected chi connectivity index (χ1v) is 6.11. The van der Waals surface area contributed by atoms with Crippen molar-refractivity contribution in [2.75, 3.05) is 26.4 Å². The summed E-state index contributed by atoms with van der Waals surface area (Å²) in [6, 6.07) is 2.95. The number of hydrogen-bond donors (Lipinski definition) is 1. The largest absolute Gasteiger partial charge is 0.491 e. The Bertz CT molecular complexity index is 452. The SMILES string of the molecule is O=Cc1cc(Cl)c(OCC2(CO)COC2)cc1Cl. The quantitative estimate of drug-likeness (QED) is 0.845. The maximum atomic E-state index is 10.7. The second-order valence-electron chi connectivity index (χ2n) is 4.36. The summed E-state index contributed by atoms with van der Waals surface area (Å²) in [4.78, 5) is 10.7. The van der Waals surface area contributed by atoms with E-state index in [1.165, 1.54) is 12.1 Å². The molecule has 6 heteroatoms. The van der Waals surface area contributed by atoms with Crippen LogP contribution < -0.4 is 4.74 Å². The molecule has 4 nitrogen and oxygen atoms in total. The second kappa shape index (κ2) is 5.45. The lowest BCUT2D eigenvalue weighted by atomic mass is 9.88. The van der Waals surface area contributed by atoms with Crippen LogP contribution in [0.2, 0.25) is 10.0 Å². The predicted octanol–water partition coefficient (Wildman–Crippen LogP) is 2.19. The third-order valence-corrected chi connectivity index (χ3v) is 3.49. The van der Waals surface area contributed by atoms with Crippen LogP contribution in [0.3, 0.4) is 0 Å². The number of aliphatic hydroxyl groups is 1. The Morgan fingerprint density at radius 1 is 1.39 bits per heavy atom. The van der Waals surface area contributed by atoms with Gasteiger partial charge < -0.3 is 14.6 Å². The van der Waals surface area contributed by atoms with Crippen molar-refractivity contribution in [3.63, 3.8) is 0 Å². The summed E-state index contributed by atoms with van der Waals surface area (Å²) in [5.74, 6) is 0.395. The molecule has 1 aliphatic heterocycles. The van der Waals surface area contributed by atoms with Crippen molar-refractivity contribution in [1.29, 1.82) is 0 Å². The van der Waals surface area contributed by atoms with Crippen LogP contribution >= 0.6 is 23.2 Å². The monoisotopic (exact) mass is 290 g/mol. The molecular formula is C12H12Cl2O4. The molecule has 1 fully saturated rings. The van der Waals surface area contributed by atoms with E-state index in [1.54, 1.807) is 0 Å². The molecule has 1 N–H and O–H groups in total. The van der Waals surface area contributed by atoms with Gasteiger partial charge in [0.1, 0.15) is 12.4 Å². The van der Waals surface area contributed by atoms with E-state index in [1.807, 2.05) is 0 Å². The van der Waals surface area contributed by atoms with Crippen molar-refractivity contribution in [3.05, 3.63) is 27.7 Å². The van der Waals surface area contributed by atoms with Gasteiger partial charge in [-0.2, -0.15) is 0 Å². The molecule has 0 bridgehead atoms. The number of rotatable bonds is 5. The fourth-order valence-electron chi connectivity index (χ4n) is 1.59. The molecule has 1 heterocycles. The van der Waals surface area contributed by atoms with E-state index in [9.17, 15) is 9.90 Å². The molecule has 1 aromatic rings. The summed E-state index contributed by atoms with van der Waals surface area (Å²) < 4.78 is 10.6. The maximum Gasteiger partial charge on any atom is 0.151 e. The van der Waals surface area contributed by atoms with Gasteiger partial charge in [0, 0.05) is 11.6 Å². The van der Waals surface area contributed by atoms with Crippen molar-refractivity contribution in [1.82, 2.24) is 0 Å². The van der Waals surface area contributed by atoms with E-state index in [0.29, 0.717) is 42.4 Å². The highest BCUT2D eigenvalue weighted by Crippen LogP contribution is 2.33. The zero-order chi connectivity index (χ0) is 13.2. The number of carbonyl (C=O) groups is 1. The summed E-state index contributed by atoms with van der Waals surface area (Å²) >= 11 is 11.9. The molecule has 0 aliphatic carbocycles. The highest BCUT2D eigenvalue weighted by atomic mass is 35.5. The van der Waals surface area contributed by atoms with E-state index in [0.717, 1.165) is 0 Å². The third-order valence-electron chi connectivity index (χ3n) is 2.86. The number of benzene rings is 1. The number of halogens is 2. The highest BCUT2D eigenvalue weighted by Gasteiger charge is 2.39. The molecular weight excluding hydrogens is 279 g/mol. The molecule has 2 rings (SSSR count). The van der Waals surface area contributed by atoms with Gasteiger partial charge >= 0.3 is 0 Å². The molecule has 0 unspecified atom stereocenters. The summed E-state index contributed by atoms with van der Waals surface area (Å²) in [6.07, 6.45) is 0.632. The second-order valence-corrected chi connectivity index (χ2v) is 5.18. The molecule has 98 valence electrons. The van der Waals surface area contributed by atoms with Gasteiger partial charge in [-0.1, -0.05) is 23.2 Å². The van der Waals surface area contributed by atoms with Crippen LogP contribution in [0.1, 0.15) is 10.4 Å². The minimum Gasteiger partial charge on any atom is -0.491 e. The van der Waals surface area contributed by atoms with Gasteiger partial charge in [0.15, 0.2) is 6.29 Å². The van der Waals surface area contributed by atoms with Gasteiger partial charge in [-0.15, -0.1) is 0 Å². The molecule has 0 aromatic heterocycles. The number of aldehydes is 1. The molecule has 1 aromatic carbocycles. The Kier molecular flexibility index (Phi) is 4.12. The summed E-state index contributed by atoms with van der Waals surface area (Å²) in [7, 11) is 0. The maximum absolute atomic E-state index is 10.7. The summed E-state index contributed by atoms with van der Waals surface area (Å²) in [5.41, 5.74) is -0.0445. The van der Waals surface area contributed by atoms with E-state index in [-0.39, 0.29) is 17.0 Å². The van der Waals surface area contributed by atoms with E-state index in [4.69, 9.17) is 32.7 Å². The first-order valence-electron chi connectivity index (χ1n) is 5.36. The van der Waals surface area contributed by atoms with E-state index >= 15 is 0 Å². The zero-order valence-corrected chi connectivity index (χ0v) is 11.0. The van der Waals surface area contributed by atoms with Crippen LogP contribution in [0.5, 0.6) is 5.75 Å². The van der Waals surface area contributed by atoms with Crippen molar-refractivity contribution in [2.45, 2.75) is 0 Å². The molecule has 0 atom stereocenters. The van der Waals surface area contributed by atoms with Crippen LogP contribution in [-0.4, -0.2) is 37.8 Å². The van der Waals surface area contributed by atoms with Crippen LogP contribution in [0.15, 0.2) is 12.1 Å². The first kappa shape index (κ1) is 13.6. The highest BCUT2D eigenvalue weighted by molar-refractivity contribution is 6.36. The van der Waals surface area contributed by atoms with Crippen molar-refractivity contribution in [2.24, 2.45) is 5.41 Å². The first-order chi connectivity index (χ1) is 8.60. The molecule has 1 aliphatic rings. The van der Waals surface area contributed by atoms with Crippen LogP contribution in [-0.2, 0) is 4.74 Å². The Hall–Kier alpha value is -0.810. The van der Waals surface area contributed by atoms with Crippen molar-refractivity contribution in [3.8, 4) is 5.75 Å². The zero-order valence-electron chi connectivity index (χ0n) is 9.49. The van der Waals surface area contributed by atoms with Gasteiger partial charge in [0.05, 0.1) is 35.3 Å².